The van der Waals surface area contributed by atoms with Gasteiger partial charge in [0.05, 0.1) is 6.04 Å². The third-order valence-electron chi connectivity index (χ3n) is 2.77. The Labute approximate surface area is 150 Å². The highest BCUT2D eigenvalue weighted by Crippen LogP contribution is 2.69. The van der Waals surface area contributed by atoms with Crippen molar-refractivity contribution in [1.29, 1.82) is 0 Å². The van der Waals surface area contributed by atoms with Crippen LogP contribution in [-0.4, -0.2) is 53.4 Å². The molecule has 0 aromatic rings. The van der Waals surface area contributed by atoms with E-state index in [9.17, 15) is 23.8 Å². The van der Waals surface area contributed by atoms with Gasteiger partial charge in [-0.2, -0.15) is 0 Å². The maximum Gasteiger partial charge on any atom is 0.369 e. The summed E-state index contributed by atoms with van der Waals surface area (Å²) in [5.41, 5.74) is 5.47. The van der Waals surface area contributed by atoms with Gasteiger partial charge in [0.25, 0.3) is 5.08 Å². The molecule has 1 amide bonds. The van der Waals surface area contributed by atoms with Crippen LogP contribution in [0.25, 0.3) is 0 Å². The monoisotopic (exact) mass is 444 g/mol. The fraction of sp³-hybridized carbons (Fsp3) is 0.750. The minimum atomic E-state index is -5.51. The van der Waals surface area contributed by atoms with Crippen molar-refractivity contribution in [1.82, 2.24) is 5.32 Å². The second-order valence-electron chi connectivity index (χ2n) is 4.60. The van der Waals surface area contributed by atoms with Gasteiger partial charge in [-0.05, 0) is 27.0 Å². The average Bonchev–Trinajstić information content (AvgIpc) is 2.40. The number of amides is 1. The van der Waals surface area contributed by atoms with Crippen molar-refractivity contribution in [3.63, 3.8) is 0 Å². The van der Waals surface area contributed by atoms with Crippen molar-refractivity contribution in [2.45, 2.75) is 30.4 Å². The van der Waals surface area contributed by atoms with Crippen LogP contribution in [-0.2, 0) is 18.7 Å². The van der Waals surface area contributed by atoms with E-state index in [1.807, 2.05) is 0 Å². The first kappa shape index (κ1) is 24.4. The molecule has 0 radical (unpaired) electrons. The average molecular weight is 444 g/mol. The summed E-state index contributed by atoms with van der Waals surface area (Å²) in [4.78, 5) is 58.6. The summed E-state index contributed by atoms with van der Waals surface area (Å²) in [5, 5.41) is 7.89. The second-order valence-corrected chi connectivity index (χ2v) is 11.6. The van der Waals surface area contributed by atoms with Crippen LogP contribution in [0.1, 0.15) is 19.3 Å². The van der Waals surface area contributed by atoms with Gasteiger partial charge >= 0.3 is 15.2 Å². The van der Waals surface area contributed by atoms with Crippen LogP contribution >= 0.6 is 47.5 Å². The minimum absolute atomic E-state index is 0.240. The van der Waals surface area contributed by atoms with E-state index in [2.05, 4.69) is 17.0 Å². The predicted octanol–water partition coefficient (Wildman–Crippen LogP) is -0.645. The summed E-state index contributed by atoms with van der Waals surface area (Å²) in [7, 11) is -9.41. The molecule has 8 N–H and O–H groups in total. The van der Waals surface area contributed by atoms with Crippen molar-refractivity contribution in [3.05, 3.63) is 0 Å². The molecule has 0 heterocycles. The zero-order valence-corrected chi connectivity index (χ0v) is 16.3. The summed E-state index contributed by atoms with van der Waals surface area (Å²) in [5.74, 6) is -0.642. The molecule has 142 valence electrons. The number of thiol groups is 1. The lowest BCUT2D eigenvalue weighted by Crippen LogP contribution is -2.36. The third kappa shape index (κ3) is 7.34. The lowest BCUT2D eigenvalue weighted by molar-refractivity contribution is -0.123. The van der Waals surface area contributed by atoms with Crippen LogP contribution in [0.3, 0.4) is 0 Å². The van der Waals surface area contributed by atoms with Crippen molar-refractivity contribution in [2.24, 2.45) is 5.73 Å². The highest BCUT2D eigenvalue weighted by molar-refractivity contribution is 9.08. The van der Waals surface area contributed by atoms with Gasteiger partial charge in [0.15, 0.2) is 0 Å². The van der Waals surface area contributed by atoms with E-state index >= 15 is 0 Å². The maximum absolute atomic E-state index is 11.5. The van der Waals surface area contributed by atoms with Crippen molar-refractivity contribution < 1.29 is 43.4 Å². The zero-order chi connectivity index (χ0) is 19.2. The van der Waals surface area contributed by atoms with E-state index in [-0.39, 0.29) is 19.4 Å². The van der Waals surface area contributed by atoms with E-state index < -0.39 is 43.8 Å². The van der Waals surface area contributed by atoms with E-state index in [4.69, 9.17) is 25.3 Å². The van der Waals surface area contributed by atoms with Gasteiger partial charge in [-0.1, -0.05) is 11.7 Å². The predicted molar refractivity (Wildman–Crippen MR) is 93.0 cm³/mol. The Morgan fingerprint density at radius 1 is 1.21 bits per heavy atom. The van der Waals surface area contributed by atoms with Crippen LogP contribution in [0.15, 0.2) is 0 Å². The molecule has 0 fully saturated rings. The van der Waals surface area contributed by atoms with Crippen molar-refractivity contribution in [3.8, 4) is 0 Å². The van der Waals surface area contributed by atoms with Crippen molar-refractivity contribution >= 4 is 58.5 Å². The molecule has 0 aromatic heterocycles. The summed E-state index contributed by atoms with van der Waals surface area (Å²) in [6, 6.07) is -1.07. The highest BCUT2D eigenvalue weighted by Gasteiger charge is 2.58. The van der Waals surface area contributed by atoms with Crippen LogP contribution in [0.2, 0.25) is 0 Å². The molecule has 0 saturated carbocycles. The normalized spacial score (nSPS) is 14.3. The zero-order valence-electron chi connectivity index (χ0n) is 12.0. The first-order valence-electron chi connectivity index (χ1n) is 6.14. The summed E-state index contributed by atoms with van der Waals surface area (Å²) >= 11 is 3.74. The summed E-state index contributed by atoms with van der Waals surface area (Å²) < 4.78 is 22.2. The van der Waals surface area contributed by atoms with Gasteiger partial charge in [0.1, 0.15) is 0 Å². The summed E-state index contributed by atoms with van der Waals surface area (Å²) in [6.07, 6.45) is -1.62. The molecular weight excluding hydrogens is 426 g/mol. The molecule has 0 bridgehead atoms. The van der Waals surface area contributed by atoms with Crippen LogP contribution in [0.5, 0.6) is 0 Å². The van der Waals surface area contributed by atoms with Gasteiger partial charge in [-0.3, -0.25) is 18.7 Å². The molecular formula is C8H18N2O9P2S3. The Balaban J connectivity index is 4.47. The Morgan fingerprint density at radius 3 is 2.12 bits per heavy atom. The molecule has 0 rings (SSSR count). The number of carbonyl (C=O) groups excluding carboxylic acids is 2. The second kappa shape index (κ2) is 9.93. The first-order valence-corrected chi connectivity index (χ1v) is 12.6. The lowest BCUT2D eigenvalue weighted by Gasteiger charge is -2.29. The molecule has 0 aliphatic carbocycles. The Kier molecular flexibility index (Phi) is 10.1. The molecule has 24 heavy (non-hydrogen) atoms. The quantitative estimate of drug-likeness (QED) is 0.0915. The Bertz CT molecular complexity index is 529. The van der Waals surface area contributed by atoms with Gasteiger partial charge in [-0.15, -0.1) is 0 Å². The van der Waals surface area contributed by atoms with Gasteiger partial charge in [-0.25, -0.2) is 0 Å². The fourth-order valence-corrected chi connectivity index (χ4v) is 5.26. The molecule has 0 aliphatic rings. The van der Waals surface area contributed by atoms with Crippen LogP contribution in [0, 0.1) is 0 Å². The molecule has 11 nitrogen and oxygen atoms in total. The van der Waals surface area contributed by atoms with Gasteiger partial charge in [0.2, 0.25) is 11.0 Å². The molecule has 0 aliphatic heterocycles. The molecule has 16 heteroatoms. The largest absolute Gasteiger partial charge is 0.369 e. The Morgan fingerprint density at radius 2 is 1.71 bits per heavy atom. The minimum Gasteiger partial charge on any atom is -0.368 e. The van der Waals surface area contributed by atoms with Crippen LogP contribution in [0.4, 0.5) is 0 Å². The van der Waals surface area contributed by atoms with E-state index in [0.717, 1.165) is 20.6 Å². The maximum atomic E-state index is 11.5. The van der Waals surface area contributed by atoms with Gasteiger partial charge < -0.3 is 35.7 Å². The van der Waals surface area contributed by atoms with Crippen LogP contribution < -0.4 is 11.1 Å². The third-order valence-corrected chi connectivity index (χ3v) is 8.58. The fourth-order valence-electron chi connectivity index (χ4n) is 1.47. The smallest absolute Gasteiger partial charge is 0.368 e. The molecule has 0 saturated heterocycles. The number of hydrogen-bond donors (Lipinski definition) is 8. The molecule has 0 aromatic carbocycles. The topological polar surface area (TPSA) is 207 Å². The number of carbonyl (C=O) groups is 2. The number of hydrogen-bond acceptors (Lipinski definition) is 9. The van der Waals surface area contributed by atoms with E-state index in [0.29, 0.717) is 0 Å². The van der Waals surface area contributed by atoms with E-state index in [1.165, 1.54) is 0 Å². The SMILES string of the molecule is N[C@@H](CC(=O)NCCCC(O)(P(=O)(O)O)P(=O)(O)O)C(=O)SSS. The van der Waals surface area contributed by atoms with Gasteiger partial charge in [0, 0.05) is 19.4 Å². The van der Waals surface area contributed by atoms with Crippen molar-refractivity contribution in [2.75, 3.05) is 6.54 Å². The first-order chi connectivity index (χ1) is 10.8. The molecule has 1 atom stereocenters. The number of rotatable bonds is 10. The lowest BCUT2D eigenvalue weighted by atomic mass is 10.2. The highest BCUT2D eigenvalue weighted by atomic mass is 33.5. The van der Waals surface area contributed by atoms with E-state index in [1.54, 1.807) is 0 Å². The molecule has 0 spiro atoms. The number of aliphatic hydroxyl groups is 1. The standard InChI is InChI=1S/C8H18N2O9P2S3/c9-5(7(12)23-24-22)4-6(11)10-3-1-2-8(13,20(14,15)16)21(17,18)19/h5,13,22H,1-4,9H2,(H,10,11)(H2,14,15,16)(H2,17,18,19)/t5-/m0/s1. The number of nitrogens with one attached hydrogen (secondary N) is 1. The number of nitrogens with two attached hydrogens (primary N) is 1. The summed E-state index contributed by atoms with van der Waals surface area (Å²) in [6.45, 7) is -0.240. The Hall–Kier alpha value is 0.410. The molecule has 0 unspecified atom stereocenters.